The van der Waals surface area contributed by atoms with Gasteiger partial charge in [0, 0.05) is 38.6 Å². The summed E-state index contributed by atoms with van der Waals surface area (Å²) in [7, 11) is 0. The predicted octanol–water partition coefficient (Wildman–Crippen LogP) is 2.15. The highest BCUT2D eigenvalue weighted by Gasteiger charge is 2.31. The quantitative estimate of drug-likeness (QED) is 0.752. The largest absolute Gasteiger partial charge is 0.494 e. The number of nitrogens with zero attached hydrogens (tertiary/aromatic N) is 2. The van der Waals surface area contributed by atoms with Crippen molar-refractivity contribution in [3.05, 3.63) is 30.3 Å². The van der Waals surface area contributed by atoms with Gasteiger partial charge in [-0.1, -0.05) is 18.2 Å². The van der Waals surface area contributed by atoms with Gasteiger partial charge >= 0.3 is 0 Å². The molecule has 1 saturated heterocycles. The Balaban J connectivity index is 1.31. The maximum absolute atomic E-state index is 12.2. The number of hydrogen-bond acceptors (Lipinski definition) is 3. The predicted molar refractivity (Wildman–Crippen MR) is 82.3 cm³/mol. The van der Waals surface area contributed by atoms with Gasteiger partial charge in [-0.25, -0.2) is 0 Å². The van der Waals surface area contributed by atoms with Crippen LogP contribution in [0.25, 0.3) is 0 Å². The van der Waals surface area contributed by atoms with Crippen LogP contribution in [0.5, 0.6) is 5.75 Å². The summed E-state index contributed by atoms with van der Waals surface area (Å²) in [6, 6.07) is 10.6. The zero-order valence-electron chi connectivity index (χ0n) is 12.5. The van der Waals surface area contributed by atoms with Crippen LogP contribution in [-0.4, -0.2) is 54.5 Å². The van der Waals surface area contributed by atoms with E-state index in [1.807, 2.05) is 35.2 Å². The molecule has 1 aliphatic heterocycles. The van der Waals surface area contributed by atoms with Gasteiger partial charge in [-0.2, -0.15) is 0 Å². The Morgan fingerprint density at radius 3 is 2.48 bits per heavy atom. The maximum Gasteiger partial charge on any atom is 0.222 e. The highest BCUT2D eigenvalue weighted by atomic mass is 16.5. The van der Waals surface area contributed by atoms with Crippen molar-refractivity contribution in [3.8, 4) is 5.75 Å². The molecule has 0 radical (unpaired) electrons. The van der Waals surface area contributed by atoms with Crippen LogP contribution >= 0.6 is 0 Å². The highest BCUT2D eigenvalue weighted by Crippen LogP contribution is 2.27. The molecule has 0 bridgehead atoms. The van der Waals surface area contributed by atoms with Crippen molar-refractivity contribution in [1.29, 1.82) is 0 Å². The molecular weight excluding hydrogens is 264 g/mol. The summed E-state index contributed by atoms with van der Waals surface area (Å²) in [5.41, 5.74) is 0. The molecule has 1 aliphatic carbocycles. The Bertz CT molecular complexity index is 451. The van der Waals surface area contributed by atoms with Crippen LogP contribution < -0.4 is 4.74 Å². The Hall–Kier alpha value is -1.55. The maximum atomic E-state index is 12.2. The van der Waals surface area contributed by atoms with Gasteiger partial charge in [0.2, 0.25) is 5.91 Å². The number of piperazine rings is 1. The number of ether oxygens (including phenoxy) is 1. The minimum atomic E-state index is 0.280. The van der Waals surface area contributed by atoms with Crippen LogP contribution in [0.1, 0.15) is 25.7 Å². The zero-order valence-corrected chi connectivity index (χ0v) is 12.5. The standard InChI is InChI=1S/C17H24N2O2/c20-17(7-4-14-21-16-5-2-1-3-6-16)19-12-10-18(11-13-19)15-8-9-15/h1-3,5-6,15H,4,7-14H2. The van der Waals surface area contributed by atoms with Gasteiger partial charge in [0.05, 0.1) is 6.61 Å². The fourth-order valence-electron chi connectivity index (χ4n) is 2.86. The van der Waals surface area contributed by atoms with E-state index in [1.54, 1.807) is 0 Å². The van der Waals surface area contributed by atoms with E-state index in [9.17, 15) is 4.79 Å². The molecule has 0 aromatic heterocycles. The van der Waals surface area contributed by atoms with E-state index in [1.165, 1.54) is 12.8 Å². The second-order valence-corrected chi connectivity index (χ2v) is 5.91. The fraction of sp³-hybridized carbons (Fsp3) is 0.588. The summed E-state index contributed by atoms with van der Waals surface area (Å²) in [5.74, 6) is 1.16. The van der Waals surface area contributed by atoms with E-state index < -0.39 is 0 Å². The van der Waals surface area contributed by atoms with Crippen molar-refractivity contribution in [1.82, 2.24) is 9.80 Å². The lowest BCUT2D eigenvalue weighted by atomic mass is 10.2. The number of amides is 1. The van der Waals surface area contributed by atoms with Crippen molar-refractivity contribution >= 4 is 5.91 Å². The van der Waals surface area contributed by atoms with E-state index in [2.05, 4.69) is 4.90 Å². The summed E-state index contributed by atoms with van der Waals surface area (Å²) in [6.45, 7) is 4.51. The van der Waals surface area contributed by atoms with Crippen LogP contribution in [-0.2, 0) is 4.79 Å². The molecule has 1 aromatic carbocycles. The molecular formula is C17H24N2O2. The number of benzene rings is 1. The molecule has 3 rings (SSSR count). The van der Waals surface area contributed by atoms with Gasteiger partial charge in [-0.05, 0) is 31.4 Å². The lowest BCUT2D eigenvalue weighted by molar-refractivity contribution is -0.133. The summed E-state index contributed by atoms with van der Waals surface area (Å²) in [5, 5.41) is 0. The molecule has 1 amide bonds. The van der Waals surface area contributed by atoms with E-state index in [-0.39, 0.29) is 5.91 Å². The van der Waals surface area contributed by atoms with Crippen LogP contribution in [0.4, 0.5) is 0 Å². The second-order valence-electron chi connectivity index (χ2n) is 5.91. The Kier molecular flexibility index (Phi) is 4.76. The van der Waals surface area contributed by atoms with Crippen molar-refractivity contribution < 1.29 is 9.53 Å². The molecule has 0 spiro atoms. The van der Waals surface area contributed by atoms with Crippen molar-refractivity contribution in [2.75, 3.05) is 32.8 Å². The molecule has 1 saturated carbocycles. The number of rotatable bonds is 6. The first-order valence-electron chi connectivity index (χ1n) is 8.02. The third-order valence-corrected chi connectivity index (χ3v) is 4.28. The Labute approximate surface area is 126 Å². The van der Waals surface area contributed by atoms with Crippen LogP contribution in [0, 0.1) is 0 Å². The average molecular weight is 288 g/mol. The molecule has 1 aromatic rings. The third kappa shape index (κ3) is 4.21. The van der Waals surface area contributed by atoms with Gasteiger partial charge in [-0.15, -0.1) is 0 Å². The number of para-hydroxylation sites is 1. The number of hydrogen-bond donors (Lipinski definition) is 0. The van der Waals surface area contributed by atoms with Gasteiger partial charge in [0.15, 0.2) is 0 Å². The molecule has 4 heteroatoms. The van der Waals surface area contributed by atoms with E-state index >= 15 is 0 Å². The lowest BCUT2D eigenvalue weighted by Crippen LogP contribution is -2.49. The van der Waals surface area contributed by atoms with Gasteiger partial charge in [0.25, 0.3) is 0 Å². The van der Waals surface area contributed by atoms with Crippen LogP contribution in [0.15, 0.2) is 30.3 Å². The van der Waals surface area contributed by atoms with E-state index in [4.69, 9.17) is 4.74 Å². The van der Waals surface area contributed by atoms with Gasteiger partial charge in [-0.3, -0.25) is 9.69 Å². The first kappa shape index (κ1) is 14.4. The second kappa shape index (κ2) is 6.94. The molecule has 1 heterocycles. The monoisotopic (exact) mass is 288 g/mol. The van der Waals surface area contributed by atoms with Crippen molar-refractivity contribution in [2.45, 2.75) is 31.7 Å². The van der Waals surface area contributed by atoms with Crippen molar-refractivity contribution in [2.24, 2.45) is 0 Å². The molecule has 21 heavy (non-hydrogen) atoms. The van der Waals surface area contributed by atoms with Crippen LogP contribution in [0.2, 0.25) is 0 Å². The molecule has 0 atom stereocenters. The lowest BCUT2D eigenvalue weighted by Gasteiger charge is -2.34. The first-order valence-corrected chi connectivity index (χ1v) is 8.02. The minimum Gasteiger partial charge on any atom is -0.494 e. The number of carbonyl (C=O) groups is 1. The Morgan fingerprint density at radius 2 is 1.81 bits per heavy atom. The summed E-state index contributed by atoms with van der Waals surface area (Å²) in [6.07, 6.45) is 4.09. The molecule has 0 unspecified atom stereocenters. The molecule has 114 valence electrons. The fourth-order valence-corrected chi connectivity index (χ4v) is 2.86. The molecule has 4 nitrogen and oxygen atoms in total. The molecule has 2 fully saturated rings. The van der Waals surface area contributed by atoms with E-state index in [0.717, 1.165) is 44.4 Å². The van der Waals surface area contributed by atoms with Gasteiger partial charge in [0.1, 0.15) is 5.75 Å². The zero-order chi connectivity index (χ0) is 14.5. The molecule has 2 aliphatic rings. The van der Waals surface area contributed by atoms with E-state index in [0.29, 0.717) is 13.0 Å². The summed E-state index contributed by atoms with van der Waals surface area (Å²) in [4.78, 5) is 16.7. The first-order chi connectivity index (χ1) is 10.3. The van der Waals surface area contributed by atoms with Crippen molar-refractivity contribution in [3.63, 3.8) is 0 Å². The van der Waals surface area contributed by atoms with Gasteiger partial charge < -0.3 is 9.64 Å². The summed E-state index contributed by atoms with van der Waals surface area (Å²) < 4.78 is 5.62. The summed E-state index contributed by atoms with van der Waals surface area (Å²) >= 11 is 0. The Morgan fingerprint density at radius 1 is 1.10 bits per heavy atom. The molecule has 0 N–H and O–H groups in total. The third-order valence-electron chi connectivity index (χ3n) is 4.28. The normalized spacial score (nSPS) is 19.5. The SMILES string of the molecule is O=C(CCCOc1ccccc1)N1CCN(C2CC2)CC1. The topological polar surface area (TPSA) is 32.8 Å². The van der Waals surface area contributed by atoms with Crippen LogP contribution in [0.3, 0.4) is 0 Å². The minimum absolute atomic E-state index is 0.280. The number of carbonyl (C=O) groups excluding carboxylic acids is 1. The average Bonchev–Trinajstić information content (AvgIpc) is 3.37. The smallest absolute Gasteiger partial charge is 0.222 e. The highest BCUT2D eigenvalue weighted by molar-refractivity contribution is 5.76.